The van der Waals surface area contributed by atoms with Crippen molar-refractivity contribution in [3.05, 3.63) is 0 Å². The van der Waals surface area contributed by atoms with E-state index in [1.807, 2.05) is 0 Å². The van der Waals surface area contributed by atoms with Crippen molar-refractivity contribution in [2.75, 3.05) is 25.1 Å². The van der Waals surface area contributed by atoms with Crippen LogP contribution in [0.15, 0.2) is 0 Å². The van der Waals surface area contributed by atoms with Crippen LogP contribution in [-0.2, 0) is 14.6 Å². The van der Waals surface area contributed by atoms with Crippen LogP contribution in [0.4, 0.5) is 0 Å². The smallest absolute Gasteiger partial charge is 0.235 e. The monoisotopic (exact) mass is 218 g/mol. The minimum absolute atomic E-state index is 0.213. The van der Waals surface area contributed by atoms with Crippen LogP contribution in [0.3, 0.4) is 0 Å². The Hall–Kier alpha value is -0.620. The molecule has 0 aromatic carbocycles. The maximum absolute atomic E-state index is 11.2. The summed E-state index contributed by atoms with van der Waals surface area (Å²) in [6.07, 6.45) is 1.07. The highest BCUT2D eigenvalue weighted by Gasteiger charge is 2.53. The average molecular weight is 218 g/mol. The van der Waals surface area contributed by atoms with Gasteiger partial charge < -0.3 is 10.6 Å². The lowest BCUT2D eigenvalue weighted by Crippen LogP contribution is -2.36. The van der Waals surface area contributed by atoms with Crippen molar-refractivity contribution in [3.63, 3.8) is 0 Å². The Morgan fingerprint density at radius 3 is 2.50 bits per heavy atom. The molecule has 6 heteroatoms. The van der Waals surface area contributed by atoms with Gasteiger partial charge in [0.25, 0.3) is 0 Å². The molecule has 80 valence electrons. The number of nitrogens with one attached hydrogen (secondary N) is 2. The summed E-state index contributed by atoms with van der Waals surface area (Å²) in [5, 5.41) is 5.96. The van der Waals surface area contributed by atoms with Gasteiger partial charge in [-0.05, 0) is 11.8 Å². The third-order valence-electron chi connectivity index (χ3n) is 2.81. The van der Waals surface area contributed by atoms with Gasteiger partial charge in [0.2, 0.25) is 5.91 Å². The Morgan fingerprint density at radius 2 is 2.00 bits per heavy atom. The van der Waals surface area contributed by atoms with Crippen molar-refractivity contribution in [1.82, 2.24) is 10.6 Å². The summed E-state index contributed by atoms with van der Waals surface area (Å²) >= 11 is 0. The molecule has 0 spiro atoms. The average Bonchev–Trinajstić information content (AvgIpc) is 2.50. The van der Waals surface area contributed by atoms with Crippen LogP contribution in [0, 0.1) is 11.8 Å². The summed E-state index contributed by atoms with van der Waals surface area (Å²) in [6, 6.07) is 0.213. The second-order valence-corrected chi connectivity index (χ2v) is 6.29. The van der Waals surface area contributed by atoms with Gasteiger partial charge in [-0.25, -0.2) is 8.42 Å². The summed E-state index contributed by atoms with van der Waals surface area (Å²) in [5.41, 5.74) is 0. The minimum atomic E-state index is -3.19. The van der Waals surface area contributed by atoms with Gasteiger partial charge in [-0.15, -0.1) is 0 Å². The van der Waals surface area contributed by atoms with E-state index in [1.165, 1.54) is 0 Å². The largest absolute Gasteiger partial charge is 0.352 e. The highest BCUT2D eigenvalue weighted by molar-refractivity contribution is 7.91. The van der Waals surface area contributed by atoms with Crippen LogP contribution in [0.1, 0.15) is 0 Å². The Balaban J connectivity index is 1.80. The van der Waals surface area contributed by atoms with Crippen LogP contribution in [0.25, 0.3) is 0 Å². The van der Waals surface area contributed by atoms with Gasteiger partial charge in [0.15, 0.2) is 9.84 Å². The SMILES string of the molecule is CS(=O)(=O)CC(=O)NC1C2CNCC21. The second kappa shape index (κ2) is 3.20. The zero-order valence-corrected chi connectivity index (χ0v) is 8.80. The fourth-order valence-electron chi connectivity index (χ4n) is 2.10. The molecular weight excluding hydrogens is 204 g/mol. The molecule has 2 N–H and O–H groups in total. The Kier molecular flexibility index (Phi) is 2.27. The number of hydrogen-bond donors (Lipinski definition) is 2. The van der Waals surface area contributed by atoms with Crippen LogP contribution in [0.5, 0.6) is 0 Å². The normalized spacial score (nSPS) is 35.1. The first kappa shape index (κ1) is 9.92. The molecule has 1 saturated heterocycles. The number of carbonyl (C=O) groups excluding carboxylic acids is 1. The lowest BCUT2D eigenvalue weighted by Gasteiger charge is -2.06. The maximum atomic E-state index is 11.2. The standard InChI is InChI=1S/C8H14N2O3S/c1-14(12,13)4-7(11)10-8-5-2-9-3-6(5)8/h5-6,8-9H,2-4H2,1H3,(H,10,11). The fraction of sp³-hybridized carbons (Fsp3) is 0.875. The molecule has 1 aliphatic heterocycles. The van der Waals surface area contributed by atoms with Crippen molar-refractivity contribution >= 4 is 15.7 Å². The van der Waals surface area contributed by atoms with Crippen molar-refractivity contribution in [2.24, 2.45) is 11.8 Å². The lowest BCUT2D eigenvalue weighted by atomic mass is 10.4. The number of sulfone groups is 1. The molecule has 2 atom stereocenters. The number of fused-ring (bicyclic) bond motifs is 1. The number of amides is 1. The molecule has 0 bridgehead atoms. The van der Waals surface area contributed by atoms with Crippen molar-refractivity contribution in [3.8, 4) is 0 Å². The van der Waals surface area contributed by atoms with Crippen molar-refractivity contribution in [2.45, 2.75) is 6.04 Å². The summed E-state index contributed by atoms with van der Waals surface area (Å²) in [5.74, 6) is 0.292. The first-order chi connectivity index (χ1) is 6.47. The second-order valence-electron chi connectivity index (χ2n) is 4.15. The Morgan fingerprint density at radius 1 is 1.43 bits per heavy atom. The maximum Gasteiger partial charge on any atom is 0.235 e. The molecule has 5 nitrogen and oxygen atoms in total. The third-order valence-corrected chi connectivity index (χ3v) is 3.60. The van der Waals surface area contributed by atoms with E-state index in [9.17, 15) is 13.2 Å². The zero-order valence-electron chi connectivity index (χ0n) is 7.99. The predicted octanol–water partition coefficient (Wildman–Crippen LogP) is -1.63. The van der Waals surface area contributed by atoms with E-state index in [0.29, 0.717) is 11.8 Å². The summed E-state index contributed by atoms with van der Waals surface area (Å²) < 4.78 is 21.6. The molecular formula is C8H14N2O3S. The van der Waals surface area contributed by atoms with Gasteiger partial charge >= 0.3 is 0 Å². The molecule has 2 unspecified atom stereocenters. The molecule has 1 aliphatic carbocycles. The molecule has 0 aromatic heterocycles. The number of carbonyl (C=O) groups is 1. The minimum Gasteiger partial charge on any atom is -0.352 e. The number of rotatable bonds is 3. The molecule has 14 heavy (non-hydrogen) atoms. The Labute approximate surface area is 83.2 Å². The van der Waals surface area contributed by atoms with E-state index in [4.69, 9.17) is 0 Å². The first-order valence-corrected chi connectivity index (χ1v) is 6.71. The molecule has 1 amide bonds. The van der Waals surface area contributed by atoms with E-state index >= 15 is 0 Å². The summed E-state index contributed by atoms with van der Waals surface area (Å²) in [6.45, 7) is 1.88. The molecule has 1 heterocycles. The highest BCUT2D eigenvalue weighted by atomic mass is 32.2. The van der Waals surface area contributed by atoms with Crippen molar-refractivity contribution < 1.29 is 13.2 Å². The van der Waals surface area contributed by atoms with E-state index in [-0.39, 0.29) is 11.9 Å². The molecule has 2 fully saturated rings. The van der Waals surface area contributed by atoms with Gasteiger partial charge in [-0.1, -0.05) is 0 Å². The summed E-state index contributed by atoms with van der Waals surface area (Å²) in [7, 11) is -3.19. The van der Waals surface area contributed by atoms with Crippen LogP contribution in [-0.4, -0.2) is 45.5 Å². The van der Waals surface area contributed by atoms with E-state index < -0.39 is 15.6 Å². The molecule has 2 aliphatic rings. The topological polar surface area (TPSA) is 75.3 Å². The van der Waals surface area contributed by atoms with Crippen molar-refractivity contribution in [1.29, 1.82) is 0 Å². The third kappa shape index (κ3) is 2.06. The number of piperidine rings is 1. The van der Waals surface area contributed by atoms with Gasteiger partial charge in [-0.3, -0.25) is 4.79 Å². The number of hydrogen-bond acceptors (Lipinski definition) is 4. The van der Waals surface area contributed by atoms with E-state index in [0.717, 1.165) is 19.3 Å². The van der Waals surface area contributed by atoms with Crippen LogP contribution in [0.2, 0.25) is 0 Å². The van der Waals surface area contributed by atoms with Crippen LogP contribution < -0.4 is 10.6 Å². The predicted molar refractivity (Wildman–Crippen MR) is 51.5 cm³/mol. The lowest BCUT2D eigenvalue weighted by molar-refractivity contribution is -0.118. The fourth-order valence-corrected chi connectivity index (χ4v) is 2.66. The van der Waals surface area contributed by atoms with Crippen LogP contribution >= 0.6 is 0 Å². The molecule has 2 rings (SSSR count). The zero-order chi connectivity index (χ0) is 10.3. The van der Waals surface area contributed by atoms with Gasteiger partial charge in [0, 0.05) is 25.4 Å². The summed E-state index contributed by atoms with van der Waals surface area (Å²) in [4.78, 5) is 11.2. The highest BCUT2D eigenvalue weighted by Crippen LogP contribution is 2.41. The molecule has 0 aromatic rings. The quantitative estimate of drug-likeness (QED) is 0.596. The molecule has 0 radical (unpaired) electrons. The van der Waals surface area contributed by atoms with Gasteiger partial charge in [-0.2, -0.15) is 0 Å². The van der Waals surface area contributed by atoms with E-state index in [1.54, 1.807) is 0 Å². The van der Waals surface area contributed by atoms with Gasteiger partial charge in [0.05, 0.1) is 0 Å². The first-order valence-electron chi connectivity index (χ1n) is 4.65. The molecule has 1 saturated carbocycles. The van der Waals surface area contributed by atoms with Gasteiger partial charge in [0.1, 0.15) is 5.75 Å². The van der Waals surface area contributed by atoms with E-state index in [2.05, 4.69) is 10.6 Å². The Bertz CT molecular complexity index is 342.